The normalized spacial score (nSPS) is 15.7. The molecule has 0 saturated heterocycles. The molecule has 0 radical (unpaired) electrons. The predicted molar refractivity (Wildman–Crippen MR) is 309 cm³/mol. The SMILES string of the molecule is CCCCCCCCCCCCCCc1cc(C(C)(C)C2=CC(C(F)(F)F)=CCC2)sc1-c1cc2sc(-c3sc(C(C)(CC)C4=CC(C(F)(F)F)=CCC4)cc3CCCCCCCCCCCCCC)cc2s1. The summed E-state index contributed by atoms with van der Waals surface area (Å²) in [6.45, 7) is 13.0. The van der Waals surface area contributed by atoms with Crippen molar-refractivity contribution in [2.75, 3.05) is 0 Å². The van der Waals surface area contributed by atoms with Crippen molar-refractivity contribution in [3.8, 4) is 19.5 Å². The zero-order valence-corrected chi connectivity index (χ0v) is 48.7. The number of hydrogen-bond donors (Lipinski definition) is 0. The van der Waals surface area contributed by atoms with Gasteiger partial charge >= 0.3 is 12.4 Å². The van der Waals surface area contributed by atoms with Crippen LogP contribution in [0.4, 0.5) is 26.3 Å². The van der Waals surface area contributed by atoms with Crippen molar-refractivity contribution in [1.29, 1.82) is 0 Å². The lowest BCUT2D eigenvalue weighted by molar-refractivity contribution is -0.0896. The molecule has 2 aliphatic carbocycles. The van der Waals surface area contributed by atoms with Crippen molar-refractivity contribution in [3.05, 3.63) is 91.7 Å². The van der Waals surface area contributed by atoms with Crippen LogP contribution in [0.25, 0.3) is 28.9 Å². The molecule has 0 bridgehead atoms. The lowest BCUT2D eigenvalue weighted by atomic mass is 9.74. The van der Waals surface area contributed by atoms with Crippen LogP contribution in [0.3, 0.4) is 0 Å². The number of fused-ring (bicyclic) bond motifs is 1. The average Bonchev–Trinajstić information content (AvgIpc) is 4.18. The maximum absolute atomic E-state index is 14.1. The first-order valence-corrected chi connectivity index (χ1v) is 32.0. The quantitative estimate of drug-likeness (QED) is 0.0329. The van der Waals surface area contributed by atoms with Gasteiger partial charge in [0.15, 0.2) is 0 Å². The monoisotopic (exact) mass is 1090 g/mol. The molecule has 10 heteroatoms. The largest absolute Gasteiger partial charge is 0.416 e. The first-order chi connectivity index (χ1) is 35.0. The molecule has 6 rings (SSSR count). The number of rotatable bonds is 33. The third-order valence-corrected chi connectivity index (χ3v) is 21.7. The molecular formula is C63H88F6S4. The summed E-state index contributed by atoms with van der Waals surface area (Å²) in [5, 5.41) is 0. The van der Waals surface area contributed by atoms with Crippen LogP contribution in [0.1, 0.15) is 249 Å². The van der Waals surface area contributed by atoms with Gasteiger partial charge in [-0.3, -0.25) is 0 Å². The van der Waals surface area contributed by atoms with Gasteiger partial charge < -0.3 is 0 Å². The highest BCUT2D eigenvalue weighted by Gasteiger charge is 2.39. The number of hydrogen-bond acceptors (Lipinski definition) is 4. The molecule has 0 nitrogen and oxygen atoms in total. The van der Waals surface area contributed by atoms with E-state index in [1.807, 2.05) is 22.7 Å². The molecule has 4 heterocycles. The maximum atomic E-state index is 14.1. The van der Waals surface area contributed by atoms with E-state index in [2.05, 4.69) is 65.8 Å². The summed E-state index contributed by atoms with van der Waals surface area (Å²) in [6.07, 6.45) is 32.5. The number of alkyl halides is 6. The van der Waals surface area contributed by atoms with Gasteiger partial charge in [0, 0.05) is 49.5 Å². The fraction of sp³-hybridized carbons (Fsp3) is 0.651. The number of thiophene rings is 4. The van der Waals surface area contributed by atoms with Gasteiger partial charge in [0.05, 0.1) is 11.1 Å². The second kappa shape index (κ2) is 28.8. The Balaban J connectivity index is 1.23. The van der Waals surface area contributed by atoms with E-state index >= 15 is 0 Å². The highest BCUT2D eigenvalue weighted by Crippen LogP contribution is 2.52. The van der Waals surface area contributed by atoms with E-state index in [4.69, 9.17) is 0 Å². The van der Waals surface area contributed by atoms with Crippen LogP contribution in [0.5, 0.6) is 0 Å². The Bertz CT molecular complexity index is 2390. The number of halogens is 6. The summed E-state index contributed by atoms with van der Waals surface area (Å²) >= 11 is 7.20. The Morgan fingerprint density at radius 3 is 1.18 bits per heavy atom. The summed E-state index contributed by atoms with van der Waals surface area (Å²) in [6, 6.07) is 9.36. The van der Waals surface area contributed by atoms with Gasteiger partial charge in [-0.15, -0.1) is 45.3 Å². The van der Waals surface area contributed by atoms with E-state index in [0.29, 0.717) is 25.7 Å². The van der Waals surface area contributed by atoms with E-state index in [-0.39, 0.29) is 0 Å². The molecule has 0 aliphatic heterocycles. The third-order valence-electron chi connectivity index (χ3n) is 16.1. The van der Waals surface area contributed by atoms with Crippen molar-refractivity contribution in [1.82, 2.24) is 0 Å². The molecule has 4 aromatic heterocycles. The fourth-order valence-electron chi connectivity index (χ4n) is 11.0. The first-order valence-electron chi connectivity index (χ1n) is 28.8. The van der Waals surface area contributed by atoms with Gasteiger partial charge in [0.25, 0.3) is 0 Å². The van der Waals surface area contributed by atoms with Crippen molar-refractivity contribution in [2.45, 2.75) is 264 Å². The molecule has 73 heavy (non-hydrogen) atoms. The van der Waals surface area contributed by atoms with E-state index < -0.39 is 34.3 Å². The first kappa shape index (κ1) is 59.8. The van der Waals surface area contributed by atoms with Gasteiger partial charge in [0.2, 0.25) is 0 Å². The van der Waals surface area contributed by atoms with Crippen LogP contribution in [0.15, 0.2) is 70.9 Å². The topological polar surface area (TPSA) is 0 Å². The van der Waals surface area contributed by atoms with E-state index in [1.165, 1.54) is 206 Å². The maximum Gasteiger partial charge on any atom is 0.416 e. The van der Waals surface area contributed by atoms with Crippen LogP contribution in [0.2, 0.25) is 0 Å². The molecule has 0 aromatic carbocycles. The molecule has 406 valence electrons. The molecule has 0 amide bonds. The van der Waals surface area contributed by atoms with Gasteiger partial charge in [0.1, 0.15) is 0 Å². The zero-order chi connectivity index (χ0) is 52.5. The summed E-state index contributed by atoms with van der Waals surface area (Å²) in [5.74, 6) is 0. The smallest absolute Gasteiger partial charge is 0.166 e. The van der Waals surface area contributed by atoms with Gasteiger partial charge in [-0.1, -0.05) is 218 Å². The van der Waals surface area contributed by atoms with E-state index in [1.54, 1.807) is 22.7 Å². The Labute approximate surface area is 453 Å². The Morgan fingerprint density at radius 1 is 0.425 bits per heavy atom. The van der Waals surface area contributed by atoms with Gasteiger partial charge in [-0.05, 0) is 93.2 Å². The lowest BCUT2D eigenvalue weighted by Crippen LogP contribution is -2.25. The summed E-state index contributed by atoms with van der Waals surface area (Å²) < 4.78 is 86.6. The van der Waals surface area contributed by atoms with Gasteiger partial charge in [-0.2, -0.15) is 26.3 Å². The second-order valence-electron chi connectivity index (χ2n) is 22.2. The van der Waals surface area contributed by atoms with Crippen molar-refractivity contribution in [3.63, 3.8) is 0 Å². The predicted octanol–water partition coefficient (Wildman–Crippen LogP) is 24.3. The Hall–Kier alpha value is -2.40. The number of unbranched alkanes of at least 4 members (excludes halogenated alkanes) is 22. The van der Waals surface area contributed by atoms with Crippen molar-refractivity contribution in [2.24, 2.45) is 0 Å². The molecule has 2 aliphatic rings. The minimum atomic E-state index is -4.36. The minimum absolute atomic E-state index is 0.399. The minimum Gasteiger partial charge on any atom is -0.166 e. The molecule has 0 spiro atoms. The van der Waals surface area contributed by atoms with Crippen LogP contribution in [-0.4, -0.2) is 12.4 Å². The van der Waals surface area contributed by atoms with Crippen molar-refractivity contribution >= 4 is 54.7 Å². The Kier molecular flexibility index (Phi) is 23.6. The number of allylic oxidation sites excluding steroid dienone is 8. The highest BCUT2D eigenvalue weighted by molar-refractivity contribution is 7.33. The van der Waals surface area contributed by atoms with E-state index in [9.17, 15) is 26.3 Å². The Morgan fingerprint density at radius 2 is 0.781 bits per heavy atom. The summed E-state index contributed by atoms with van der Waals surface area (Å²) in [4.78, 5) is 7.25. The van der Waals surface area contributed by atoms with Crippen LogP contribution in [-0.2, 0) is 23.7 Å². The average molecular weight is 1090 g/mol. The van der Waals surface area contributed by atoms with Crippen LogP contribution >= 0.6 is 45.3 Å². The third kappa shape index (κ3) is 17.0. The molecular weight excluding hydrogens is 999 g/mol. The zero-order valence-electron chi connectivity index (χ0n) is 45.4. The highest BCUT2D eigenvalue weighted by atomic mass is 32.1. The summed E-state index contributed by atoms with van der Waals surface area (Å²) in [5.41, 5.74) is 2.27. The second-order valence-corrected chi connectivity index (χ2v) is 26.5. The molecule has 0 N–H and O–H groups in total. The molecule has 1 atom stereocenters. The van der Waals surface area contributed by atoms with E-state index in [0.717, 1.165) is 53.0 Å². The molecule has 4 aromatic rings. The van der Waals surface area contributed by atoms with Gasteiger partial charge in [-0.25, -0.2) is 0 Å². The number of aryl methyl sites for hydroxylation is 2. The molecule has 0 saturated carbocycles. The molecule has 0 fully saturated rings. The summed E-state index contributed by atoms with van der Waals surface area (Å²) in [7, 11) is 0. The molecule has 1 unspecified atom stereocenters. The van der Waals surface area contributed by atoms with Crippen molar-refractivity contribution < 1.29 is 26.3 Å². The lowest BCUT2D eigenvalue weighted by Gasteiger charge is -2.33. The van der Waals surface area contributed by atoms with Crippen LogP contribution < -0.4 is 0 Å². The van der Waals surface area contributed by atoms with Crippen LogP contribution in [0, 0.1) is 0 Å². The fourth-order valence-corrected chi connectivity index (χ4v) is 16.5. The standard InChI is InChI=1S/C63H88F6S4/c1-7-10-12-14-16-18-20-22-24-26-28-30-34-46-40-56(60(4,5)48-36-32-38-50(42-48)62(64,65)66)72-58(46)54-44-52-53(70-54)45-55(71-52)59-47(35-31-29-27-25-23-21-19-17-15-13-11-8-2)41-57(73-59)61(6,9-3)49-37-33-39-51(43-49)63(67,68)69/h38-45H,7-37H2,1-6H3.